The average molecular weight is 222 g/mol. The van der Waals surface area contributed by atoms with Crippen molar-refractivity contribution in [2.45, 2.75) is 13.3 Å². The Morgan fingerprint density at radius 1 is 1.50 bits per heavy atom. The standard InChI is InChI=1S/C11H8ClNS/c1-2-7-3-4-8(6-13)9-5-10(12)14-11(7)9/h3-5H,2H2,1H3. The molecule has 0 radical (unpaired) electrons. The molecule has 0 fully saturated rings. The molecule has 0 unspecified atom stereocenters. The molecule has 2 rings (SSSR count). The zero-order chi connectivity index (χ0) is 10.1. The van der Waals surface area contributed by atoms with Gasteiger partial charge in [-0.05, 0) is 24.1 Å². The van der Waals surface area contributed by atoms with Crippen LogP contribution >= 0.6 is 22.9 Å². The lowest BCUT2D eigenvalue weighted by Gasteiger charge is -1.99. The maximum Gasteiger partial charge on any atom is 0.0998 e. The number of thiophene rings is 1. The number of benzene rings is 1. The number of nitrogens with zero attached hydrogens (tertiary/aromatic N) is 1. The van der Waals surface area contributed by atoms with Crippen LogP contribution in [0.3, 0.4) is 0 Å². The Labute approximate surface area is 91.5 Å². The topological polar surface area (TPSA) is 23.8 Å². The Morgan fingerprint density at radius 3 is 2.93 bits per heavy atom. The predicted octanol–water partition coefficient (Wildman–Crippen LogP) is 3.99. The molecule has 0 N–H and O–H groups in total. The first-order valence-electron chi connectivity index (χ1n) is 4.37. The summed E-state index contributed by atoms with van der Waals surface area (Å²) >= 11 is 7.50. The summed E-state index contributed by atoms with van der Waals surface area (Å²) in [6.45, 7) is 2.11. The van der Waals surface area contributed by atoms with Gasteiger partial charge in [-0.25, -0.2) is 0 Å². The Kier molecular flexibility index (Phi) is 2.45. The summed E-state index contributed by atoms with van der Waals surface area (Å²) in [7, 11) is 0. The summed E-state index contributed by atoms with van der Waals surface area (Å²) in [6, 6.07) is 7.93. The van der Waals surface area contributed by atoms with Crippen molar-refractivity contribution in [2.75, 3.05) is 0 Å². The van der Waals surface area contributed by atoms with Crippen LogP contribution in [0.15, 0.2) is 18.2 Å². The van der Waals surface area contributed by atoms with Crippen molar-refractivity contribution in [3.63, 3.8) is 0 Å². The van der Waals surface area contributed by atoms with Crippen molar-refractivity contribution in [3.8, 4) is 6.07 Å². The number of halogens is 1. The smallest absolute Gasteiger partial charge is 0.0998 e. The minimum atomic E-state index is 0.709. The van der Waals surface area contributed by atoms with Gasteiger partial charge in [0.05, 0.1) is 16.0 Å². The van der Waals surface area contributed by atoms with Gasteiger partial charge in [0.15, 0.2) is 0 Å². The normalized spacial score (nSPS) is 10.4. The molecule has 70 valence electrons. The highest BCUT2D eigenvalue weighted by molar-refractivity contribution is 7.22. The van der Waals surface area contributed by atoms with Gasteiger partial charge in [0.2, 0.25) is 0 Å². The van der Waals surface area contributed by atoms with Crippen molar-refractivity contribution < 1.29 is 0 Å². The number of nitriles is 1. The number of rotatable bonds is 1. The van der Waals surface area contributed by atoms with Gasteiger partial charge in [-0.2, -0.15) is 5.26 Å². The van der Waals surface area contributed by atoms with Gasteiger partial charge >= 0.3 is 0 Å². The molecule has 0 aliphatic heterocycles. The van der Waals surface area contributed by atoms with Gasteiger partial charge in [0, 0.05) is 10.1 Å². The van der Waals surface area contributed by atoms with E-state index in [1.54, 1.807) is 11.3 Å². The molecule has 0 saturated heterocycles. The Bertz CT molecular complexity index is 522. The van der Waals surface area contributed by atoms with Crippen molar-refractivity contribution in [2.24, 2.45) is 0 Å². The Morgan fingerprint density at radius 2 is 2.29 bits per heavy atom. The molecule has 0 aliphatic carbocycles. The molecule has 0 bridgehead atoms. The monoisotopic (exact) mass is 221 g/mol. The third-order valence-electron chi connectivity index (χ3n) is 2.24. The van der Waals surface area contributed by atoms with Gasteiger partial charge in [0.1, 0.15) is 0 Å². The highest BCUT2D eigenvalue weighted by Gasteiger charge is 2.08. The summed E-state index contributed by atoms with van der Waals surface area (Å²) in [5.41, 5.74) is 1.97. The predicted molar refractivity (Wildman–Crippen MR) is 60.9 cm³/mol. The van der Waals surface area contributed by atoms with E-state index in [1.807, 2.05) is 18.2 Å². The van der Waals surface area contributed by atoms with E-state index in [0.717, 1.165) is 20.8 Å². The van der Waals surface area contributed by atoms with E-state index in [1.165, 1.54) is 5.56 Å². The maximum atomic E-state index is 8.92. The van der Waals surface area contributed by atoms with E-state index in [-0.39, 0.29) is 0 Å². The van der Waals surface area contributed by atoms with E-state index in [9.17, 15) is 0 Å². The highest BCUT2D eigenvalue weighted by atomic mass is 35.5. The fourth-order valence-electron chi connectivity index (χ4n) is 1.52. The van der Waals surface area contributed by atoms with Crippen LogP contribution in [0.5, 0.6) is 0 Å². The first-order chi connectivity index (χ1) is 6.76. The minimum Gasteiger partial charge on any atom is -0.192 e. The Balaban J connectivity index is 2.86. The fraction of sp³-hybridized carbons (Fsp3) is 0.182. The maximum absolute atomic E-state index is 8.92. The largest absolute Gasteiger partial charge is 0.192 e. The van der Waals surface area contributed by atoms with Gasteiger partial charge in [-0.1, -0.05) is 24.6 Å². The Hall–Kier alpha value is -1.04. The number of aryl methyl sites for hydroxylation is 1. The van der Waals surface area contributed by atoms with E-state index in [0.29, 0.717) is 5.56 Å². The van der Waals surface area contributed by atoms with Crippen LogP contribution in [-0.4, -0.2) is 0 Å². The highest BCUT2D eigenvalue weighted by Crippen LogP contribution is 2.34. The second-order valence-electron chi connectivity index (χ2n) is 3.03. The molecule has 0 amide bonds. The summed E-state index contributed by atoms with van der Waals surface area (Å²) in [5, 5.41) is 9.91. The van der Waals surface area contributed by atoms with Crippen LogP contribution in [0.1, 0.15) is 18.1 Å². The second kappa shape index (κ2) is 3.61. The van der Waals surface area contributed by atoms with Gasteiger partial charge in [-0.3, -0.25) is 0 Å². The van der Waals surface area contributed by atoms with Crippen LogP contribution in [0.4, 0.5) is 0 Å². The van der Waals surface area contributed by atoms with Gasteiger partial charge in [0.25, 0.3) is 0 Å². The number of hydrogen-bond acceptors (Lipinski definition) is 2. The molecular weight excluding hydrogens is 214 g/mol. The summed E-state index contributed by atoms with van der Waals surface area (Å²) in [5.74, 6) is 0. The van der Waals surface area contributed by atoms with Crippen molar-refractivity contribution in [1.82, 2.24) is 0 Å². The van der Waals surface area contributed by atoms with Crippen molar-refractivity contribution in [1.29, 1.82) is 5.26 Å². The molecule has 2 aromatic rings. The number of fused-ring (bicyclic) bond motifs is 1. The molecule has 0 atom stereocenters. The van der Waals surface area contributed by atoms with Gasteiger partial charge in [-0.15, -0.1) is 11.3 Å². The molecule has 3 heteroatoms. The molecule has 0 saturated carbocycles. The van der Waals surface area contributed by atoms with Crippen LogP contribution in [0, 0.1) is 11.3 Å². The van der Waals surface area contributed by atoms with Crippen molar-refractivity contribution >= 4 is 33.0 Å². The van der Waals surface area contributed by atoms with E-state index >= 15 is 0 Å². The van der Waals surface area contributed by atoms with Gasteiger partial charge < -0.3 is 0 Å². The first-order valence-corrected chi connectivity index (χ1v) is 5.56. The SMILES string of the molecule is CCc1ccc(C#N)c2cc(Cl)sc12. The van der Waals surface area contributed by atoms with Crippen LogP contribution in [-0.2, 0) is 6.42 Å². The molecule has 1 nitrogen and oxygen atoms in total. The molecular formula is C11H8ClNS. The zero-order valence-electron chi connectivity index (χ0n) is 7.67. The molecule has 0 spiro atoms. The lowest BCUT2D eigenvalue weighted by Crippen LogP contribution is -1.82. The molecule has 0 aliphatic rings. The van der Waals surface area contributed by atoms with E-state index < -0.39 is 0 Å². The van der Waals surface area contributed by atoms with Crippen LogP contribution in [0.25, 0.3) is 10.1 Å². The van der Waals surface area contributed by atoms with Crippen LogP contribution < -0.4 is 0 Å². The average Bonchev–Trinajstić information content (AvgIpc) is 2.57. The number of hydrogen-bond donors (Lipinski definition) is 0. The van der Waals surface area contributed by atoms with E-state index in [4.69, 9.17) is 16.9 Å². The first kappa shape index (κ1) is 9.51. The molecule has 1 aromatic carbocycles. The lowest BCUT2D eigenvalue weighted by atomic mass is 10.1. The van der Waals surface area contributed by atoms with Crippen molar-refractivity contribution in [3.05, 3.63) is 33.7 Å². The quantitative estimate of drug-likeness (QED) is 0.715. The summed E-state index contributed by atoms with van der Waals surface area (Å²) in [6.07, 6.45) is 0.971. The zero-order valence-corrected chi connectivity index (χ0v) is 9.25. The minimum absolute atomic E-state index is 0.709. The lowest BCUT2D eigenvalue weighted by molar-refractivity contribution is 1.16. The van der Waals surface area contributed by atoms with E-state index in [2.05, 4.69) is 13.0 Å². The summed E-state index contributed by atoms with van der Waals surface area (Å²) < 4.78 is 1.90. The molecule has 14 heavy (non-hydrogen) atoms. The molecule has 1 heterocycles. The third kappa shape index (κ3) is 1.39. The van der Waals surface area contributed by atoms with Crippen LogP contribution in [0.2, 0.25) is 4.34 Å². The second-order valence-corrected chi connectivity index (χ2v) is 4.71. The molecule has 1 aromatic heterocycles. The fourth-order valence-corrected chi connectivity index (χ4v) is 2.86. The summed E-state index contributed by atoms with van der Waals surface area (Å²) in [4.78, 5) is 0. The third-order valence-corrected chi connectivity index (χ3v) is 3.58.